The Hall–Kier alpha value is -1.48. The van der Waals surface area contributed by atoms with Gasteiger partial charge in [0.15, 0.2) is 6.23 Å². The normalized spacial score (nSPS) is 29.0. The molecule has 1 fully saturated rings. The zero-order valence-corrected chi connectivity index (χ0v) is 11.8. The lowest BCUT2D eigenvalue weighted by molar-refractivity contribution is -0.0556. The molecule has 1 aliphatic rings. The van der Waals surface area contributed by atoms with E-state index in [9.17, 15) is 19.8 Å². The van der Waals surface area contributed by atoms with Gasteiger partial charge in [-0.2, -0.15) is 0 Å². The number of rotatable bonds is 5. The summed E-state index contributed by atoms with van der Waals surface area (Å²) in [5, 5.41) is 28.7. The van der Waals surface area contributed by atoms with Crippen molar-refractivity contribution >= 4 is 0 Å². The number of aliphatic hydroxyl groups is 3. The molecule has 0 saturated carbocycles. The summed E-state index contributed by atoms with van der Waals surface area (Å²) in [5.74, 6) is 0. The maximum Gasteiger partial charge on any atom is 0.333 e. The highest BCUT2D eigenvalue weighted by atomic mass is 16.6. The molecule has 21 heavy (non-hydrogen) atoms. The van der Waals surface area contributed by atoms with Crippen LogP contribution in [0.3, 0.4) is 0 Å². The van der Waals surface area contributed by atoms with Gasteiger partial charge in [-0.15, -0.1) is 0 Å². The molecule has 8 heteroatoms. The van der Waals surface area contributed by atoms with Gasteiger partial charge >= 0.3 is 5.69 Å². The smallest absolute Gasteiger partial charge is 0.333 e. The van der Waals surface area contributed by atoms with Gasteiger partial charge in [-0.05, 0) is 6.42 Å². The van der Waals surface area contributed by atoms with Crippen LogP contribution in [0.1, 0.15) is 26.0 Å². The first-order valence-corrected chi connectivity index (χ1v) is 6.95. The molecular formula is C13H20N2O6. The second-order valence-electron chi connectivity index (χ2n) is 5.08. The molecule has 2 rings (SSSR count). The Morgan fingerprint density at radius 1 is 1.29 bits per heavy atom. The standard InChI is InChI=1S/C13H20N2O6/c1-2-3-5-14-9(17)4-6-15(13(14)20)12-11(19)10(18)8(7-16)21-12/h4,6,8,10-12,16,18-19H,2-3,5,7H2,1H3/t8-,10-,11-,12-/m1/s1. The largest absolute Gasteiger partial charge is 0.394 e. The molecule has 1 saturated heterocycles. The maximum absolute atomic E-state index is 12.3. The van der Waals surface area contributed by atoms with E-state index in [0.717, 1.165) is 15.6 Å². The molecule has 1 aromatic rings. The van der Waals surface area contributed by atoms with Gasteiger partial charge in [0, 0.05) is 18.8 Å². The summed E-state index contributed by atoms with van der Waals surface area (Å²) in [6.07, 6.45) is -2.00. The summed E-state index contributed by atoms with van der Waals surface area (Å²) in [6, 6.07) is 1.21. The quantitative estimate of drug-likeness (QED) is 0.605. The third-order valence-corrected chi connectivity index (χ3v) is 3.62. The minimum Gasteiger partial charge on any atom is -0.394 e. The predicted octanol–water partition coefficient (Wildman–Crippen LogP) is -1.58. The molecule has 4 atom stereocenters. The van der Waals surface area contributed by atoms with Crippen LogP contribution < -0.4 is 11.2 Å². The number of hydrogen-bond acceptors (Lipinski definition) is 6. The second kappa shape index (κ2) is 6.52. The van der Waals surface area contributed by atoms with Crippen molar-refractivity contribution in [2.45, 2.75) is 50.8 Å². The van der Waals surface area contributed by atoms with Crippen molar-refractivity contribution in [3.05, 3.63) is 33.1 Å². The average molecular weight is 300 g/mol. The van der Waals surface area contributed by atoms with Crippen molar-refractivity contribution in [1.82, 2.24) is 9.13 Å². The Bertz CT molecular complexity index is 595. The summed E-state index contributed by atoms with van der Waals surface area (Å²) in [5.41, 5.74) is -1.03. The van der Waals surface area contributed by atoms with Crippen molar-refractivity contribution in [3.63, 3.8) is 0 Å². The summed E-state index contributed by atoms with van der Waals surface area (Å²) in [6.45, 7) is 1.75. The van der Waals surface area contributed by atoms with Gasteiger partial charge in [0.25, 0.3) is 5.56 Å². The number of unbranched alkanes of at least 4 members (excludes halogenated alkanes) is 1. The highest BCUT2D eigenvalue weighted by molar-refractivity contribution is 4.94. The molecule has 1 aliphatic heterocycles. The van der Waals surface area contributed by atoms with E-state index in [4.69, 9.17) is 9.84 Å². The van der Waals surface area contributed by atoms with Gasteiger partial charge in [0.05, 0.1) is 6.61 Å². The van der Waals surface area contributed by atoms with E-state index in [1.54, 1.807) is 0 Å². The Labute approximate surface area is 120 Å². The van der Waals surface area contributed by atoms with E-state index in [2.05, 4.69) is 0 Å². The van der Waals surface area contributed by atoms with Crippen LogP contribution in [0.4, 0.5) is 0 Å². The van der Waals surface area contributed by atoms with Crippen LogP contribution in [0.15, 0.2) is 21.9 Å². The highest BCUT2D eigenvalue weighted by Gasteiger charge is 2.43. The molecule has 0 aromatic carbocycles. The summed E-state index contributed by atoms with van der Waals surface area (Å²) < 4.78 is 7.44. The molecule has 118 valence electrons. The van der Waals surface area contributed by atoms with E-state index in [1.807, 2.05) is 6.92 Å². The molecular weight excluding hydrogens is 280 g/mol. The van der Waals surface area contributed by atoms with E-state index >= 15 is 0 Å². The molecule has 0 unspecified atom stereocenters. The first kappa shape index (κ1) is 15.9. The fraction of sp³-hybridized carbons (Fsp3) is 0.692. The van der Waals surface area contributed by atoms with Crippen LogP contribution in [-0.4, -0.2) is 49.4 Å². The summed E-state index contributed by atoms with van der Waals surface area (Å²) in [7, 11) is 0. The first-order chi connectivity index (χ1) is 10.0. The molecule has 3 N–H and O–H groups in total. The Kier molecular flexibility index (Phi) is 4.94. The monoisotopic (exact) mass is 300 g/mol. The first-order valence-electron chi connectivity index (χ1n) is 6.95. The third-order valence-electron chi connectivity index (χ3n) is 3.62. The van der Waals surface area contributed by atoms with E-state index in [1.165, 1.54) is 12.3 Å². The Morgan fingerprint density at radius 3 is 2.57 bits per heavy atom. The molecule has 0 aliphatic carbocycles. The van der Waals surface area contributed by atoms with Gasteiger partial charge in [0.1, 0.15) is 18.3 Å². The fourth-order valence-electron chi connectivity index (χ4n) is 2.36. The lowest BCUT2D eigenvalue weighted by Gasteiger charge is -2.18. The fourth-order valence-corrected chi connectivity index (χ4v) is 2.36. The molecule has 0 amide bonds. The molecule has 0 radical (unpaired) electrons. The minimum absolute atomic E-state index is 0.282. The van der Waals surface area contributed by atoms with Crippen LogP contribution in [0.25, 0.3) is 0 Å². The number of aliphatic hydroxyl groups excluding tert-OH is 3. The lowest BCUT2D eigenvalue weighted by Crippen LogP contribution is -2.43. The van der Waals surface area contributed by atoms with Gasteiger partial charge in [-0.3, -0.25) is 13.9 Å². The summed E-state index contributed by atoms with van der Waals surface area (Å²) >= 11 is 0. The van der Waals surface area contributed by atoms with Crippen LogP contribution in [-0.2, 0) is 11.3 Å². The van der Waals surface area contributed by atoms with Crippen LogP contribution in [0.2, 0.25) is 0 Å². The van der Waals surface area contributed by atoms with Crippen LogP contribution in [0, 0.1) is 0 Å². The van der Waals surface area contributed by atoms with Gasteiger partial charge in [-0.25, -0.2) is 4.79 Å². The molecule has 1 aromatic heterocycles. The van der Waals surface area contributed by atoms with Gasteiger partial charge in [0.2, 0.25) is 0 Å². The molecule has 0 spiro atoms. The van der Waals surface area contributed by atoms with Crippen molar-refractivity contribution in [2.24, 2.45) is 0 Å². The zero-order valence-electron chi connectivity index (χ0n) is 11.8. The number of hydrogen-bond donors (Lipinski definition) is 3. The van der Waals surface area contributed by atoms with Crippen molar-refractivity contribution < 1.29 is 20.1 Å². The predicted molar refractivity (Wildman–Crippen MR) is 72.9 cm³/mol. The summed E-state index contributed by atoms with van der Waals surface area (Å²) in [4.78, 5) is 24.1. The number of nitrogens with zero attached hydrogens (tertiary/aromatic N) is 2. The van der Waals surface area contributed by atoms with E-state index in [0.29, 0.717) is 6.42 Å². The van der Waals surface area contributed by atoms with E-state index < -0.39 is 42.4 Å². The Morgan fingerprint density at radius 2 is 2.00 bits per heavy atom. The van der Waals surface area contributed by atoms with Crippen molar-refractivity contribution in [1.29, 1.82) is 0 Å². The number of aromatic nitrogens is 2. The molecule has 8 nitrogen and oxygen atoms in total. The van der Waals surface area contributed by atoms with Crippen LogP contribution >= 0.6 is 0 Å². The highest BCUT2D eigenvalue weighted by Crippen LogP contribution is 2.27. The van der Waals surface area contributed by atoms with Gasteiger partial charge in [-0.1, -0.05) is 13.3 Å². The SMILES string of the molecule is CCCCn1c(=O)ccn([C@@H]2O[C@H](CO)[C@@H](O)[C@H]2O)c1=O. The maximum atomic E-state index is 12.3. The third kappa shape index (κ3) is 2.93. The van der Waals surface area contributed by atoms with Crippen molar-refractivity contribution in [2.75, 3.05) is 6.61 Å². The van der Waals surface area contributed by atoms with E-state index in [-0.39, 0.29) is 6.54 Å². The number of ether oxygens (including phenoxy) is 1. The lowest BCUT2D eigenvalue weighted by atomic mass is 10.1. The van der Waals surface area contributed by atoms with Crippen LogP contribution in [0.5, 0.6) is 0 Å². The van der Waals surface area contributed by atoms with Gasteiger partial charge < -0.3 is 20.1 Å². The molecule has 2 heterocycles. The zero-order chi connectivity index (χ0) is 15.6. The average Bonchev–Trinajstić information content (AvgIpc) is 2.75. The molecule has 0 bridgehead atoms. The topological polar surface area (TPSA) is 114 Å². The Balaban J connectivity index is 2.37. The second-order valence-corrected chi connectivity index (χ2v) is 5.08. The van der Waals surface area contributed by atoms with Crippen molar-refractivity contribution in [3.8, 4) is 0 Å². The minimum atomic E-state index is -1.35.